The molecule has 2 atom stereocenters. The molecule has 1 aromatic rings. The van der Waals surface area contributed by atoms with Crippen molar-refractivity contribution in [2.24, 2.45) is 5.92 Å². The molecule has 0 aliphatic carbocycles. The van der Waals surface area contributed by atoms with Crippen LogP contribution in [0.5, 0.6) is 5.75 Å². The number of aliphatic hydroxyl groups is 1. The third-order valence-corrected chi connectivity index (χ3v) is 3.91. The number of rotatable bonds is 4. The number of aliphatic hydroxyl groups excluding tert-OH is 1. The van der Waals surface area contributed by atoms with Gasteiger partial charge in [-0.25, -0.2) is 4.39 Å². The molecule has 0 amide bonds. The molecule has 0 spiro atoms. The van der Waals surface area contributed by atoms with Crippen molar-refractivity contribution in [1.82, 2.24) is 4.90 Å². The fraction of sp³-hybridized carbons (Fsp3) is 0.571. The quantitative estimate of drug-likeness (QED) is 0.920. The van der Waals surface area contributed by atoms with Crippen LogP contribution in [0.3, 0.4) is 0 Å². The predicted octanol–water partition coefficient (Wildman–Crippen LogP) is 2.67. The summed E-state index contributed by atoms with van der Waals surface area (Å²) in [5.41, 5.74) is 0. The molecule has 5 heteroatoms. The SMILES string of the molecule is C[C@H]1CN(CCOc2cc(F)cc(Br)c2)CC[C@H]1O. The van der Waals surface area contributed by atoms with E-state index < -0.39 is 0 Å². The Labute approximate surface area is 121 Å². The van der Waals surface area contributed by atoms with Crippen LogP contribution in [-0.2, 0) is 0 Å². The second kappa shape index (κ2) is 6.68. The highest BCUT2D eigenvalue weighted by Gasteiger charge is 2.23. The molecule has 2 rings (SSSR count). The monoisotopic (exact) mass is 331 g/mol. The highest BCUT2D eigenvalue weighted by Crippen LogP contribution is 2.21. The number of likely N-dealkylation sites (tertiary alicyclic amines) is 1. The van der Waals surface area contributed by atoms with Gasteiger partial charge in [-0.15, -0.1) is 0 Å². The number of nitrogens with zero attached hydrogens (tertiary/aromatic N) is 1. The van der Waals surface area contributed by atoms with E-state index in [0.29, 0.717) is 22.7 Å². The number of benzene rings is 1. The van der Waals surface area contributed by atoms with Crippen molar-refractivity contribution < 1.29 is 14.2 Å². The van der Waals surface area contributed by atoms with Gasteiger partial charge in [0.05, 0.1) is 6.10 Å². The van der Waals surface area contributed by atoms with E-state index in [4.69, 9.17) is 4.74 Å². The van der Waals surface area contributed by atoms with Gasteiger partial charge in [-0.1, -0.05) is 22.9 Å². The van der Waals surface area contributed by atoms with Crippen molar-refractivity contribution in [1.29, 1.82) is 0 Å². The van der Waals surface area contributed by atoms with Gasteiger partial charge < -0.3 is 9.84 Å². The number of ether oxygens (including phenoxy) is 1. The van der Waals surface area contributed by atoms with Gasteiger partial charge in [0.15, 0.2) is 0 Å². The normalized spacial score (nSPS) is 24.4. The smallest absolute Gasteiger partial charge is 0.128 e. The van der Waals surface area contributed by atoms with Crippen molar-refractivity contribution in [3.8, 4) is 5.75 Å². The number of piperidine rings is 1. The lowest BCUT2D eigenvalue weighted by atomic mass is 9.97. The van der Waals surface area contributed by atoms with Crippen molar-refractivity contribution in [3.05, 3.63) is 28.5 Å². The molecule has 0 radical (unpaired) electrons. The third-order valence-electron chi connectivity index (χ3n) is 3.46. The third kappa shape index (κ3) is 4.44. The van der Waals surface area contributed by atoms with Crippen LogP contribution in [0, 0.1) is 11.7 Å². The van der Waals surface area contributed by atoms with E-state index in [1.165, 1.54) is 12.1 Å². The van der Waals surface area contributed by atoms with E-state index in [1.807, 2.05) is 0 Å². The maximum Gasteiger partial charge on any atom is 0.128 e. The first kappa shape index (κ1) is 14.8. The Morgan fingerprint density at radius 2 is 2.26 bits per heavy atom. The van der Waals surface area contributed by atoms with Gasteiger partial charge in [0.2, 0.25) is 0 Å². The van der Waals surface area contributed by atoms with Crippen molar-refractivity contribution >= 4 is 15.9 Å². The molecule has 1 fully saturated rings. The van der Waals surface area contributed by atoms with Crippen LogP contribution in [0.1, 0.15) is 13.3 Å². The largest absolute Gasteiger partial charge is 0.492 e. The zero-order valence-corrected chi connectivity index (χ0v) is 12.6. The van der Waals surface area contributed by atoms with E-state index >= 15 is 0 Å². The fourth-order valence-corrected chi connectivity index (χ4v) is 2.77. The lowest BCUT2D eigenvalue weighted by Crippen LogP contribution is -2.43. The molecule has 1 aromatic carbocycles. The topological polar surface area (TPSA) is 32.7 Å². The molecule has 106 valence electrons. The first-order valence-electron chi connectivity index (χ1n) is 6.54. The Bertz CT molecular complexity index is 410. The minimum Gasteiger partial charge on any atom is -0.492 e. The summed E-state index contributed by atoms with van der Waals surface area (Å²) in [5.74, 6) is 0.535. The van der Waals surface area contributed by atoms with Crippen LogP contribution in [0.2, 0.25) is 0 Å². The molecule has 0 unspecified atom stereocenters. The molecule has 3 nitrogen and oxygen atoms in total. The van der Waals surface area contributed by atoms with E-state index in [1.54, 1.807) is 6.07 Å². The fourth-order valence-electron chi connectivity index (χ4n) is 2.33. The molecule has 0 aromatic heterocycles. The summed E-state index contributed by atoms with van der Waals surface area (Å²) in [6.45, 7) is 5.16. The lowest BCUT2D eigenvalue weighted by molar-refractivity contribution is 0.0304. The van der Waals surface area contributed by atoms with E-state index in [-0.39, 0.29) is 11.9 Å². The first-order chi connectivity index (χ1) is 9.04. The molecule has 1 saturated heterocycles. The predicted molar refractivity (Wildman–Crippen MR) is 75.8 cm³/mol. The summed E-state index contributed by atoms with van der Waals surface area (Å²) in [5, 5.41) is 9.66. The van der Waals surface area contributed by atoms with Gasteiger partial charge in [-0.3, -0.25) is 4.90 Å². The molecule has 1 aliphatic rings. The summed E-state index contributed by atoms with van der Waals surface area (Å²) in [7, 11) is 0. The molecular formula is C14H19BrFNO2. The van der Waals surface area contributed by atoms with E-state index in [0.717, 1.165) is 26.1 Å². The average Bonchev–Trinajstić information content (AvgIpc) is 2.32. The summed E-state index contributed by atoms with van der Waals surface area (Å²) in [6, 6.07) is 4.54. The van der Waals surface area contributed by atoms with Crippen LogP contribution in [0.15, 0.2) is 22.7 Å². The molecule has 0 bridgehead atoms. The van der Waals surface area contributed by atoms with Gasteiger partial charge in [0, 0.05) is 30.2 Å². The molecular weight excluding hydrogens is 313 g/mol. The maximum atomic E-state index is 13.2. The lowest BCUT2D eigenvalue weighted by Gasteiger charge is -2.34. The van der Waals surface area contributed by atoms with Crippen LogP contribution in [-0.4, -0.2) is 42.4 Å². The second-order valence-corrected chi connectivity index (χ2v) is 6.00. The Morgan fingerprint density at radius 3 is 2.95 bits per heavy atom. The molecule has 19 heavy (non-hydrogen) atoms. The van der Waals surface area contributed by atoms with E-state index in [9.17, 15) is 9.50 Å². The van der Waals surface area contributed by atoms with E-state index in [2.05, 4.69) is 27.8 Å². The molecule has 1 N–H and O–H groups in total. The zero-order valence-electron chi connectivity index (χ0n) is 11.0. The minimum atomic E-state index is -0.306. The Kier molecular flexibility index (Phi) is 5.19. The highest BCUT2D eigenvalue weighted by molar-refractivity contribution is 9.10. The summed E-state index contributed by atoms with van der Waals surface area (Å²) in [6.07, 6.45) is 0.628. The summed E-state index contributed by atoms with van der Waals surface area (Å²) < 4.78 is 19.4. The standard InChI is InChI=1S/C14H19BrFNO2/c1-10-9-17(3-2-14(10)18)4-5-19-13-7-11(15)6-12(16)8-13/h6-8,10,14,18H,2-5,9H2,1H3/t10-,14+/m0/s1. The van der Waals surface area contributed by atoms with Gasteiger partial charge in [-0.05, 0) is 24.5 Å². The number of hydrogen-bond donors (Lipinski definition) is 1. The van der Waals surface area contributed by atoms with Crippen LogP contribution in [0.25, 0.3) is 0 Å². The second-order valence-electron chi connectivity index (χ2n) is 5.09. The van der Waals surface area contributed by atoms with Gasteiger partial charge in [-0.2, -0.15) is 0 Å². The number of hydrogen-bond acceptors (Lipinski definition) is 3. The number of halogens is 2. The minimum absolute atomic E-state index is 0.184. The average molecular weight is 332 g/mol. The summed E-state index contributed by atoms with van der Waals surface area (Å²) >= 11 is 3.24. The van der Waals surface area contributed by atoms with Gasteiger partial charge in [0.25, 0.3) is 0 Å². The van der Waals surface area contributed by atoms with Crippen molar-refractivity contribution in [2.45, 2.75) is 19.4 Å². The van der Waals surface area contributed by atoms with Crippen LogP contribution in [0.4, 0.5) is 4.39 Å². The maximum absolute atomic E-state index is 13.2. The van der Waals surface area contributed by atoms with Crippen molar-refractivity contribution in [3.63, 3.8) is 0 Å². The highest BCUT2D eigenvalue weighted by atomic mass is 79.9. The Hall–Kier alpha value is -0.650. The Balaban J connectivity index is 1.77. The van der Waals surface area contributed by atoms with Gasteiger partial charge >= 0.3 is 0 Å². The summed E-state index contributed by atoms with van der Waals surface area (Å²) in [4.78, 5) is 2.27. The first-order valence-corrected chi connectivity index (χ1v) is 7.33. The zero-order chi connectivity index (χ0) is 13.8. The van der Waals surface area contributed by atoms with Crippen LogP contribution < -0.4 is 4.74 Å². The van der Waals surface area contributed by atoms with Crippen LogP contribution >= 0.6 is 15.9 Å². The molecule has 1 aliphatic heterocycles. The van der Waals surface area contributed by atoms with Gasteiger partial charge in [0.1, 0.15) is 18.2 Å². The van der Waals surface area contributed by atoms with Crippen molar-refractivity contribution in [2.75, 3.05) is 26.2 Å². The molecule has 1 heterocycles. The molecule has 0 saturated carbocycles. The Morgan fingerprint density at radius 1 is 1.47 bits per heavy atom.